The van der Waals surface area contributed by atoms with Crippen LogP contribution in [0.25, 0.3) is 0 Å². The van der Waals surface area contributed by atoms with Gasteiger partial charge in [-0.1, -0.05) is 30.3 Å². The summed E-state index contributed by atoms with van der Waals surface area (Å²) in [5, 5.41) is 20.4. The fourth-order valence-corrected chi connectivity index (χ4v) is 1.52. The quantitative estimate of drug-likeness (QED) is 0.756. The van der Waals surface area contributed by atoms with Gasteiger partial charge < -0.3 is 10.2 Å². The highest BCUT2D eigenvalue weighted by Gasteiger charge is 2.51. The predicted octanol–water partition coefficient (Wildman–Crippen LogP) is 1.62. The molecule has 0 aliphatic rings. The SMILES string of the molecule is C[C@@](CO)(N[C@@H](CO)c1ccccc1)C(F)(F)F. The zero-order valence-electron chi connectivity index (χ0n) is 9.91. The maximum Gasteiger partial charge on any atom is 0.408 e. The first-order valence-corrected chi connectivity index (χ1v) is 5.45. The Morgan fingerprint density at radius 1 is 1.17 bits per heavy atom. The van der Waals surface area contributed by atoms with Crippen LogP contribution in [0.3, 0.4) is 0 Å². The summed E-state index contributed by atoms with van der Waals surface area (Å²) in [5.41, 5.74) is -1.92. The topological polar surface area (TPSA) is 52.5 Å². The van der Waals surface area contributed by atoms with Crippen molar-refractivity contribution < 1.29 is 23.4 Å². The maximum atomic E-state index is 12.8. The van der Waals surface area contributed by atoms with Crippen molar-refractivity contribution in [2.75, 3.05) is 13.2 Å². The average Bonchev–Trinajstić information content (AvgIpc) is 2.35. The molecule has 2 atom stereocenters. The molecule has 0 fully saturated rings. The molecule has 0 aliphatic heterocycles. The zero-order chi connectivity index (χ0) is 13.8. The molecule has 0 unspecified atom stereocenters. The number of hydrogen-bond donors (Lipinski definition) is 3. The first kappa shape index (κ1) is 14.9. The van der Waals surface area contributed by atoms with Gasteiger partial charge in [-0.25, -0.2) is 0 Å². The van der Waals surface area contributed by atoms with E-state index in [0.717, 1.165) is 6.92 Å². The average molecular weight is 263 g/mol. The Morgan fingerprint density at radius 2 is 1.72 bits per heavy atom. The molecule has 3 N–H and O–H groups in total. The Balaban J connectivity index is 2.92. The number of alkyl halides is 3. The highest BCUT2D eigenvalue weighted by atomic mass is 19.4. The molecule has 1 aromatic carbocycles. The Kier molecular flexibility index (Phi) is 4.72. The molecule has 0 radical (unpaired) electrons. The van der Waals surface area contributed by atoms with Gasteiger partial charge in [-0.05, 0) is 12.5 Å². The minimum Gasteiger partial charge on any atom is -0.394 e. The van der Waals surface area contributed by atoms with Gasteiger partial charge in [0.25, 0.3) is 0 Å². The molecular weight excluding hydrogens is 247 g/mol. The van der Waals surface area contributed by atoms with Crippen LogP contribution in [0, 0.1) is 0 Å². The van der Waals surface area contributed by atoms with Crippen LogP contribution in [-0.2, 0) is 0 Å². The summed E-state index contributed by atoms with van der Waals surface area (Å²) in [5.74, 6) is 0. The van der Waals surface area contributed by atoms with Gasteiger partial charge in [-0.2, -0.15) is 13.2 Å². The van der Waals surface area contributed by atoms with Gasteiger partial charge in [-0.15, -0.1) is 0 Å². The molecule has 0 heterocycles. The fraction of sp³-hybridized carbons (Fsp3) is 0.500. The van der Waals surface area contributed by atoms with E-state index in [1.54, 1.807) is 30.3 Å². The van der Waals surface area contributed by atoms with Crippen LogP contribution >= 0.6 is 0 Å². The van der Waals surface area contributed by atoms with Crippen molar-refractivity contribution >= 4 is 0 Å². The largest absolute Gasteiger partial charge is 0.408 e. The highest BCUT2D eigenvalue weighted by Crippen LogP contribution is 2.32. The second-order valence-electron chi connectivity index (χ2n) is 4.28. The smallest absolute Gasteiger partial charge is 0.394 e. The number of aliphatic hydroxyl groups is 2. The van der Waals surface area contributed by atoms with Crippen molar-refractivity contribution in [2.24, 2.45) is 0 Å². The molecule has 0 saturated carbocycles. The number of aliphatic hydroxyl groups excluding tert-OH is 2. The van der Waals surface area contributed by atoms with Gasteiger partial charge in [-0.3, -0.25) is 5.32 Å². The molecule has 0 saturated heterocycles. The minimum absolute atomic E-state index is 0.490. The summed E-state index contributed by atoms with van der Waals surface area (Å²) in [4.78, 5) is 0. The van der Waals surface area contributed by atoms with Crippen LogP contribution in [0.1, 0.15) is 18.5 Å². The number of rotatable bonds is 5. The molecule has 0 amide bonds. The van der Waals surface area contributed by atoms with E-state index in [1.165, 1.54) is 0 Å². The first-order chi connectivity index (χ1) is 8.34. The fourth-order valence-electron chi connectivity index (χ4n) is 1.52. The zero-order valence-corrected chi connectivity index (χ0v) is 9.91. The van der Waals surface area contributed by atoms with E-state index in [-0.39, 0.29) is 0 Å². The molecule has 0 aliphatic carbocycles. The Bertz CT molecular complexity index is 369. The maximum absolute atomic E-state index is 12.8. The van der Waals surface area contributed by atoms with Crippen molar-refractivity contribution in [3.8, 4) is 0 Å². The number of benzene rings is 1. The van der Waals surface area contributed by atoms with Crippen LogP contribution < -0.4 is 5.32 Å². The van der Waals surface area contributed by atoms with E-state index in [0.29, 0.717) is 5.56 Å². The Morgan fingerprint density at radius 3 is 2.11 bits per heavy atom. The van der Waals surface area contributed by atoms with E-state index in [4.69, 9.17) is 5.11 Å². The molecule has 0 aromatic heterocycles. The molecule has 102 valence electrons. The van der Waals surface area contributed by atoms with Crippen LogP contribution in [-0.4, -0.2) is 35.1 Å². The standard InChI is InChI=1S/C12H16F3NO2/c1-11(8-18,12(13,14)15)16-10(7-17)9-5-3-2-4-6-9/h2-6,10,16-18H,7-8H2,1H3/t10-,11-/m0/s1. The minimum atomic E-state index is -4.61. The first-order valence-electron chi connectivity index (χ1n) is 5.45. The lowest BCUT2D eigenvalue weighted by Crippen LogP contribution is -2.58. The van der Waals surface area contributed by atoms with Crippen LogP contribution in [0.4, 0.5) is 13.2 Å². The lowest BCUT2D eigenvalue weighted by molar-refractivity contribution is -0.204. The molecule has 0 spiro atoms. The van der Waals surface area contributed by atoms with Crippen molar-refractivity contribution in [3.05, 3.63) is 35.9 Å². The molecule has 1 rings (SSSR count). The van der Waals surface area contributed by atoms with Gasteiger partial charge in [0.15, 0.2) is 0 Å². The summed E-state index contributed by atoms with van der Waals surface area (Å²) in [7, 11) is 0. The molecular formula is C12H16F3NO2. The van der Waals surface area contributed by atoms with E-state index in [9.17, 15) is 18.3 Å². The van der Waals surface area contributed by atoms with Crippen molar-refractivity contribution in [3.63, 3.8) is 0 Å². The number of halogens is 3. The molecule has 18 heavy (non-hydrogen) atoms. The van der Waals surface area contributed by atoms with E-state index >= 15 is 0 Å². The highest BCUT2D eigenvalue weighted by molar-refractivity contribution is 5.19. The Hall–Kier alpha value is -1.11. The monoisotopic (exact) mass is 263 g/mol. The van der Waals surface area contributed by atoms with Crippen molar-refractivity contribution in [1.82, 2.24) is 5.32 Å². The van der Waals surface area contributed by atoms with Crippen LogP contribution in [0.2, 0.25) is 0 Å². The van der Waals surface area contributed by atoms with Gasteiger partial charge in [0, 0.05) is 0 Å². The summed E-state index contributed by atoms with van der Waals surface area (Å²) < 4.78 is 38.4. The molecule has 6 heteroatoms. The third kappa shape index (κ3) is 3.22. The van der Waals surface area contributed by atoms with Crippen molar-refractivity contribution in [1.29, 1.82) is 0 Å². The van der Waals surface area contributed by atoms with E-state index < -0.39 is 31.0 Å². The van der Waals surface area contributed by atoms with Crippen molar-refractivity contribution in [2.45, 2.75) is 24.7 Å². The van der Waals surface area contributed by atoms with Gasteiger partial charge in [0.1, 0.15) is 5.54 Å². The lowest BCUT2D eigenvalue weighted by atomic mass is 9.98. The normalized spacial score (nSPS) is 17.2. The van der Waals surface area contributed by atoms with Gasteiger partial charge in [0.2, 0.25) is 0 Å². The molecule has 3 nitrogen and oxygen atoms in total. The number of hydrogen-bond acceptors (Lipinski definition) is 3. The second-order valence-corrected chi connectivity index (χ2v) is 4.28. The number of nitrogens with one attached hydrogen (secondary N) is 1. The molecule has 0 bridgehead atoms. The molecule has 1 aromatic rings. The van der Waals surface area contributed by atoms with E-state index in [2.05, 4.69) is 5.32 Å². The van der Waals surface area contributed by atoms with E-state index in [1.807, 2.05) is 0 Å². The third-order valence-corrected chi connectivity index (χ3v) is 2.82. The summed E-state index contributed by atoms with van der Waals surface area (Å²) in [6.45, 7) is -0.728. The predicted molar refractivity (Wildman–Crippen MR) is 61.0 cm³/mol. The summed E-state index contributed by atoms with van der Waals surface area (Å²) in [6, 6.07) is 7.41. The Labute approximate surface area is 103 Å². The van der Waals surface area contributed by atoms with Gasteiger partial charge >= 0.3 is 6.18 Å². The van der Waals surface area contributed by atoms with Crippen LogP contribution in [0.5, 0.6) is 0 Å². The summed E-state index contributed by atoms with van der Waals surface area (Å²) >= 11 is 0. The second kappa shape index (κ2) is 5.69. The third-order valence-electron chi connectivity index (χ3n) is 2.82. The summed E-state index contributed by atoms with van der Waals surface area (Å²) in [6.07, 6.45) is -4.61. The van der Waals surface area contributed by atoms with Crippen LogP contribution in [0.15, 0.2) is 30.3 Å². The van der Waals surface area contributed by atoms with Gasteiger partial charge in [0.05, 0.1) is 19.3 Å². The lowest BCUT2D eigenvalue weighted by Gasteiger charge is -2.34.